The number of nitrogens with two attached hydrogens (primary N) is 1. The van der Waals surface area contributed by atoms with E-state index in [-0.39, 0.29) is 5.41 Å². The van der Waals surface area contributed by atoms with Gasteiger partial charge in [0.15, 0.2) is 5.11 Å². The summed E-state index contributed by atoms with van der Waals surface area (Å²) in [5, 5.41) is 3.53. The highest BCUT2D eigenvalue weighted by atomic mass is 32.1. The molecule has 2 nitrogen and oxygen atoms in total. The van der Waals surface area contributed by atoms with Crippen LogP contribution < -0.4 is 11.1 Å². The predicted octanol–water partition coefficient (Wildman–Crippen LogP) is 1.91. The Hall–Kier alpha value is -0.570. The van der Waals surface area contributed by atoms with Crippen molar-refractivity contribution in [3.05, 3.63) is 11.3 Å². The third kappa shape index (κ3) is 0.857. The Bertz CT molecular complexity index is 317. The summed E-state index contributed by atoms with van der Waals surface area (Å²) < 4.78 is 0. The summed E-state index contributed by atoms with van der Waals surface area (Å²) in [6, 6.07) is 0. The second-order valence-corrected chi connectivity index (χ2v) is 5.24. The molecule has 3 rings (SSSR count). The second kappa shape index (κ2) is 2.27. The van der Waals surface area contributed by atoms with Crippen LogP contribution in [-0.4, -0.2) is 5.11 Å². The highest BCUT2D eigenvalue weighted by Crippen LogP contribution is 2.68. The molecule has 1 saturated carbocycles. The zero-order valence-corrected chi connectivity index (χ0v) is 9.22. The van der Waals surface area contributed by atoms with Crippen molar-refractivity contribution in [2.45, 2.75) is 33.6 Å². The van der Waals surface area contributed by atoms with Crippen LogP contribution in [0.5, 0.6) is 0 Å². The average Bonchev–Trinajstić information content (AvgIpc) is 2.41. The van der Waals surface area contributed by atoms with Crippen molar-refractivity contribution in [1.82, 2.24) is 5.32 Å². The molecule has 3 heteroatoms. The van der Waals surface area contributed by atoms with Gasteiger partial charge in [-0.3, -0.25) is 0 Å². The molecule has 0 aromatic heterocycles. The molecular formula is C10H16N2S. The fourth-order valence-corrected chi connectivity index (χ4v) is 2.92. The minimum Gasteiger partial charge on any atom is -0.376 e. The van der Waals surface area contributed by atoms with E-state index in [1.54, 1.807) is 0 Å². The zero-order chi connectivity index (χ0) is 9.85. The third-order valence-corrected chi connectivity index (χ3v) is 4.21. The van der Waals surface area contributed by atoms with E-state index in [1.807, 2.05) is 0 Å². The molecule has 1 atom stereocenters. The van der Waals surface area contributed by atoms with Crippen LogP contribution in [0.4, 0.5) is 0 Å². The first-order chi connectivity index (χ1) is 5.89. The van der Waals surface area contributed by atoms with E-state index >= 15 is 0 Å². The summed E-state index contributed by atoms with van der Waals surface area (Å²) in [5.74, 6) is 0. The molecule has 3 aliphatic carbocycles. The number of allylic oxidation sites excluding steroid dienone is 2. The molecule has 72 valence electrons. The van der Waals surface area contributed by atoms with Crippen molar-refractivity contribution in [2.24, 2.45) is 16.6 Å². The molecule has 0 spiro atoms. The predicted molar refractivity (Wildman–Crippen MR) is 58.1 cm³/mol. The Morgan fingerprint density at radius 1 is 1.46 bits per heavy atom. The van der Waals surface area contributed by atoms with Crippen molar-refractivity contribution < 1.29 is 0 Å². The van der Waals surface area contributed by atoms with Crippen molar-refractivity contribution in [3.8, 4) is 0 Å². The zero-order valence-electron chi connectivity index (χ0n) is 8.40. The summed E-state index contributed by atoms with van der Waals surface area (Å²) in [6.45, 7) is 6.91. The lowest BCUT2D eigenvalue weighted by Crippen LogP contribution is -2.49. The van der Waals surface area contributed by atoms with Crippen LogP contribution in [0.3, 0.4) is 0 Å². The van der Waals surface area contributed by atoms with Gasteiger partial charge in [-0.05, 0) is 36.0 Å². The van der Waals surface area contributed by atoms with Crippen LogP contribution >= 0.6 is 12.2 Å². The van der Waals surface area contributed by atoms with Crippen molar-refractivity contribution in [1.29, 1.82) is 0 Å². The van der Waals surface area contributed by atoms with Crippen molar-refractivity contribution in [2.75, 3.05) is 0 Å². The van der Waals surface area contributed by atoms with Gasteiger partial charge < -0.3 is 11.1 Å². The summed E-state index contributed by atoms with van der Waals surface area (Å²) in [4.78, 5) is 0. The molecule has 13 heavy (non-hydrogen) atoms. The highest BCUT2D eigenvalue weighted by Gasteiger charge is 2.60. The minimum atomic E-state index is 0.283. The number of rotatable bonds is 1. The molecule has 3 N–H and O–H groups in total. The smallest absolute Gasteiger partial charge is 0.167 e. The van der Waals surface area contributed by atoms with Crippen LogP contribution in [0.2, 0.25) is 0 Å². The summed E-state index contributed by atoms with van der Waals surface area (Å²) in [5.41, 5.74) is 8.93. The largest absolute Gasteiger partial charge is 0.376 e. The molecule has 0 aromatic rings. The minimum absolute atomic E-state index is 0.283. The Kier molecular flexibility index (Phi) is 1.57. The Balaban J connectivity index is 2.33. The standard InChI is InChI=1S/C10H16N2S/c1-9(2)6-4-5-10(9,3)7(6)12-8(11)13/h4-5H2,1-3H3,(H3,11,12,13)/t10-/m0/s1. The average molecular weight is 196 g/mol. The van der Waals surface area contributed by atoms with E-state index < -0.39 is 0 Å². The van der Waals surface area contributed by atoms with Crippen LogP contribution in [0.1, 0.15) is 33.6 Å². The molecule has 0 aromatic carbocycles. The van der Waals surface area contributed by atoms with Crippen molar-refractivity contribution >= 4 is 17.3 Å². The van der Waals surface area contributed by atoms with Crippen LogP contribution in [0, 0.1) is 10.8 Å². The lowest BCUT2D eigenvalue weighted by atomic mass is 9.56. The molecule has 1 fully saturated rings. The lowest BCUT2D eigenvalue weighted by Gasteiger charge is -2.50. The number of hydrogen-bond acceptors (Lipinski definition) is 1. The number of hydrogen-bond donors (Lipinski definition) is 2. The van der Waals surface area contributed by atoms with E-state index in [0.29, 0.717) is 10.5 Å². The van der Waals surface area contributed by atoms with Gasteiger partial charge in [-0.15, -0.1) is 0 Å². The Labute approximate surface area is 84.6 Å². The first kappa shape index (κ1) is 9.00. The maximum atomic E-state index is 5.49. The van der Waals surface area contributed by atoms with E-state index in [1.165, 1.54) is 24.1 Å². The van der Waals surface area contributed by atoms with Gasteiger partial charge in [0.25, 0.3) is 0 Å². The Morgan fingerprint density at radius 3 is 2.38 bits per heavy atom. The molecule has 0 unspecified atom stereocenters. The molecule has 2 bridgehead atoms. The molecule has 0 aliphatic heterocycles. The normalized spacial score (nSPS) is 34.4. The summed E-state index contributed by atoms with van der Waals surface area (Å²) in [6.07, 6.45) is 2.44. The van der Waals surface area contributed by atoms with E-state index in [2.05, 4.69) is 26.1 Å². The maximum Gasteiger partial charge on any atom is 0.167 e. The van der Waals surface area contributed by atoms with Gasteiger partial charge >= 0.3 is 0 Å². The molecule has 0 radical (unpaired) electrons. The highest BCUT2D eigenvalue weighted by molar-refractivity contribution is 7.80. The molecule has 0 saturated heterocycles. The first-order valence-electron chi connectivity index (χ1n) is 4.70. The molecular weight excluding hydrogens is 180 g/mol. The molecule has 0 amide bonds. The number of thiocarbonyl (C=S) groups is 1. The second-order valence-electron chi connectivity index (χ2n) is 4.80. The van der Waals surface area contributed by atoms with Crippen LogP contribution in [-0.2, 0) is 0 Å². The van der Waals surface area contributed by atoms with E-state index in [9.17, 15) is 0 Å². The van der Waals surface area contributed by atoms with Crippen LogP contribution in [0.15, 0.2) is 11.3 Å². The first-order valence-corrected chi connectivity index (χ1v) is 5.11. The summed E-state index contributed by atoms with van der Waals surface area (Å²) >= 11 is 4.86. The fourth-order valence-electron chi connectivity index (χ4n) is 2.82. The number of nitrogens with one attached hydrogen (secondary N) is 1. The van der Waals surface area contributed by atoms with E-state index in [4.69, 9.17) is 18.0 Å². The topological polar surface area (TPSA) is 38.0 Å². The Morgan fingerprint density at radius 2 is 2.08 bits per heavy atom. The van der Waals surface area contributed by atoms with Gasteiger partial charge in [0.1, 0.15) is 0 Å². The molecule has 3 aliphatic rings. The van der Waals surface area contributed by atoms with Gasteiger partial charge in [0.2, 0.25) is 0 Å². The maximum absolute atomic E-state index is 5.49. The van der Waals surface area contributed by atoms with Gasteiger partial charge in [-0.2, -0.15) is 0 Å². The summed E-state index contributed by atoms with van der Waals surface area (Å²) in [7, 11) is 0. The van der Waals surface area contributed by atoms with E-state index in [0.717, 1.165) is 0 Å². The molecule has 0 heterocycles. The van der Waals surface area contributed by atoms with Gasteiger partial charge in [0, 0.05) is 11.1 Å². The SMILES string of the molecule is CC1(C)C2=C(NC(N)=S)[C@]1(C)CC2. The fraction of sp³-hybridized carbons (Fsp3) is 0.700. The monoisotopic (exact) mass is 196 g/mol. The van der Waals surface area contributed by atoms with Gasteiger partial charge in [-0.25, -0.2) is 0 Å². The van der Waals surface area contributed by atoms with Crippen molar-refractivity contribution in [3.63, 3.8) is 0 Å². The van der Waals surface area contributed by atoms with Crippen LogP contribution in [0.25, 0.3) is 0 Å². The quantitative estimate of drug-likeness (QED) is 0.629. The van der Waals surface area contributed by atoms with Gasteiger partial charge in [-0.1, -0.05) is 20.8 Å². The third-order valence-electron chi connectivity index (χ3n) is 4.11. The number of fused-ring (bicyclic) bond motifs is 1. The van der Waals surface area contributed by atoms with Gasteiger partial charge in [0.05, 0.1) is 0 Å². The lowest BCUT2D eigenvalue weighted by molar-refractivity contribution is 0.156.